The molecule has 1 amide bonds. The fraction of sp³-hybridized carbons (Fsp3) is 0.294. The quantitative estimate of drug-likeness (QED) is 0.755. The lowest BCUT2D eigenvalue weighted by Gasteiger charge is -2.22. The molecule has 0 saturated carbocycles. The Hall–Kier alpha value is -2.58. The molecule has 1 atom stereocenters. The zero-order chi connectivity index (χ0) is 17.1. The standard InChI is InChI=1S/C17H17N5O2S/c23-17(14-11-25-21-19-14)18-8-15-16-13(6-7-24-15)10-22(20-16)9-12-4-2-1-3-5-12/h1-5,10-11,15H,6-9H2,(H,18,23). The molecule has 7 nitrogen and oxygen atoms in total. The summed E-state index contributed by atoms with van der Waals surface area (Å²) in [5, 5.41) is 12.9. The summed E-state index contributed by atoms with van der Waals surface area (Å²) >= 11 is 1.15. The number of ether oxygens (including phenoxy) is 1. The normalized spacial score (nSPS) is 16.4. The predicted molar refractivity (Wildman–Crippen MR) is 92.4 cm³/mol. The Morgan fingerprint density at radius 1 is 1.36 bits per heavy atom. The van der Waals surface area contributed by atoms with Gasteiger partial charge in [0.1, 0.15) is 6.10 Å². The SMILES string of the molecule is O=C(NCC1OCCc2cn(Cc3ccccc3)nc21)c1csnn1. The Balaban J connectivity index is 1.45. The maximum atomic E-state index is 12.0. The zero-order valence-electron chi connectivity index (χ0n) is 13.5. The number of amides is 1. The van der Waals surface area contributed by atoms with Crippen LogP contribution in [0.5, 0.6) is 0 Å². The van der Waals surface area contributed by atoms with Gasteiger partial charge in [0.25, 0.3) is 5.91 Å². The molecule has 1 aliphatic heterocycles. The lowest BCUT2D eigenvalue weighted by Crippen LogP contribution is -2.32. The number of nitrogens with one attached hydrogen (secondary N) is 1. The summed E-state index contributed by atoms with van der Waals surface area (Å²) in [6, 6.07) is 10.2. The Morgan fingerprint density at radius 3 is 3.04 bits per heavy atom. The van der Waals surface area contributed by atoms with Gasteiger partial charge in [0.2, 0.25) is 0 Å². The molecule has 4 rings (SSSR count). The first-order chi connectivity index (χ1) is 12.3. The highest BCUT2D eigenvalue weighted by Crippen LogP contribution is 2.25. The van der Waals surface area contributed by atoms with Crippen LogP contribution in [0.3, 0.4) is 0 Å². The number of nitrogens with zero attached hydrogens (tertiary/aromatic N) is 4. The van der Waals surface area contributed by atoms with E-state index < -0.39 is 0 Å². The predicted octanol–water partition coefficient (Wildman–Crippen LogP) is 1.83. The average molecular weight is 355 g/mol. The minimum Gasteiger partial charge on any atom is -0.370 e. The fourth-order valence-electron chi connectivity index (χ4n) is 2.88. The van der Waals surface area contributed by atoms with E-state index in [0.717, 1.165) is 30.2 Å². The van der Waals surface area contributed by atoms with E-state index in [1.54, 1.807) is 5.38 Å². The van der Waals surface area contributed by atoms with E-state index in [-0.39, 0.29) is 12.0 Å². The summed E-state index contributed by atoms with van der Waals surface area (Å²) in [5.74, 6) is -0.242. The molecule has 0 aliphatic carbocycles. The summed E-state index contributed by atoms with van der Waals surface area (Å²) in [4.78, 5) is 12.0. The van der Waals surface area contributed by atoms with Gasteiger partial charge in [-0.2, -0.15) is 5.10 Å². The first kappa shape index (κ1) is 15.9. The maximum Gasteiger partial charge on any atom is 0.272 e. The van der Waals surface area contributed by atoms with Crippen molar-refractivity contribution < 1.29 is 9.53 Å². The third-order valence-electron chi connectivity index (χ3n) is 4.09. The summed E-state index contributed by atoms with van der Waals surface area (Å²) in [7, 11) is 0. The molecular formula is C17H17N5O2S. The highest BCUT2D eigenvalue weighted by atomic mass is 32.1. The molecule has 0 saturated heterocycles. The van der Waals surface area contributed by atoms with E-state index in [4.69, 9.17) is 4.74 Å². The lowest BCUT2D eigenvalue weighted by molar-refractivity contribution is 0.0383. The Kier molecular flexibility index (Phi) is 4.53. The number of rotatable bonds is 5. The highest BCUT2D eigenvalue weighted by molar-refractivity contribution is 7.03. The molecule has 0 fully saturated rings. The van der Waals surface area contributed by atoms with E-state index in [0.29, 0.717) is 18.8 Å². The van der Waals surface area contributed by atoms with E-state index in [1.807, 2.05) is 22.9 Å². The van der Waals surface area contributed by atoms with Gasteiger partial charge in [-0.3, -0.25) is 9.48 Å². The third kappa shape index (κ3) is 3.59. The van der Waals surface area contributed by atoms with Gasteiger partial charge in [0.15, 0.2) is 5.69 Å². The molecule has 0 spiro atoms. The van der Waals surface area contributed by atoms with Crippen molar-refractivity contribution in [1.82, 2.24) is 24.7 Å². The third-order valence-corrected chi connectivity index (χ3v) is 4.60. The van der Waals surface area contributed by atoms with Crippen molar-refractivity contribution >= 4 is 17.4 Å². The fourth-order valence-corrected chi connectivity index (χ4v) is 3.31. The van der Waals surface area contributed by atoms with Crippen molar-refractivity contribution in [1.29, 1.82) is 0 Å². The van der Waals surface area contributed by atoms with Gasteiger partial charge in [0.05, 0.1) is 18.8 Å². The van der Waals surface area contributed by atoms with Crippen LogP contribution < -0.4 is 5.32 Å². The van der Waals surface area contributed by atoms with Crippen LogP contribution in [0.2, 0.25) is 0 Å². The van der Waals surface area contributed by atoms with E-state index >= 15 is 0 Å². The zero-order valence-corrected chi connectivity index (χ0v) is 14.3. The van der Waals surface area contributed by atoms with Crippen molar-refractivity contribution in [2.24, 2.45) is 0 Å². The van der Waals surface area contributed by atoms with Crippen molar-refractivity contribution in [3.63, 3.8) is 0 Å². The van der Waals surface area contributed by atoms with Gasteiger partial charge in [-0.1, -0.05) is 34.8 Å². The number of fused-ring (bicyclic) bond motifs is 1. The number of hydrogen-bond donors (Lipinski definition) is 1. The minimum absolute atomic E-state index is 0.240. The molecule has 25 heavy (non-hydrogen) atoms. The van der Waals surface area contributed by atoms with Gasteiger partial charge in [-0.05, 0) is 29.1 Å². The maximum absolute atomic E-state index is 12.0. The van der Waals surface area contributed by atoms with Crippen LogP contribution in [-0.4, -0.2) is 38.4 Å². The molecule has 1 unspecified atom stereocenters. The van der Waals surface area contributed by atoms with E-state index in [2.05, 4.69) is 38.3 Å². The van der Waals surface area contributed by atoms with Crippen LogP contribution in [0.4, 0.5) is 0 Å². The van der Waals surface area contributed by atoms with Gasteiger partial charge in [-0.15, -0.1) is 5.10 Å². The molecule has 1 aromatic carbocycles. The molecule has 0 radical (unpaired) electrons. The molecule has 1 aliphatic rings. The second-order valence-corrected chi connectivity index (χ2v) is 6.44. The topological polar surface area (TPSA) is 81.9 Å². The number of carbonyl (C=O) groups is 1. The van der Waals surface area contributed by atoms with Gasteiger partial charge < -0.3 is 10.1 Å². The average Bonchev–Trinajstić information content (AvgIpc) is 3.30. The van der Waals surface area contributed by atoms with Crippen molar-refractivity contribution in [2.45, 2.75) is 19.1 Å². The monoisotopic (exact) mass is 355 g/mol. The van der Waals surface area contributed by atoms with Gasteiger partial charge in [0, 0.05) is 18.1 Å². The van der Waals surface area contributed by atoms with Crippen molar-refractivity contribution in [3.8, 4) is 0 Å². The van der Waals surface area contributed by atoms with Crippen LogP contribution in [0.25, 0.3) is 0 Å². The van der Waals surface area contributed by atoms with Crippen molar-refractivity contribution in [2.75, 3.05) is 13.2 Å². The van der Waals surface area contributed by atoms with Crippen LogP contribution in [0.1, 0.15) is 33.4 Å². The van der Waals surface area contributed by atoms with Gasteiger partial charge in [-0.25, -0.2) is 0 Å². The summed E-state index contributed by atoms with van der Waals surface area (Å²) in [6.07, 6.45) is 2.67. The second-order valence-electron chi connectivity index (χ2n) is 5.83. The molecule has 128 valence electrons. The van der Waals surface area contributed by atoms with Crippen LogP contribution >= 0.6 is 11.5 Å². The van der Waals surface area contributed by atoms with Gasteiger partial charge >= 0.3 is 0 Å². The summed E-state index contributed by atoms with van der Waals surface area (Å²) in [6.45, 7) is 1.71. The first-order valence-electron chi connectivity index (χ1n) is 8.06. The number of carbonyl (C=O) groups excluding carboxylic acids is 1. The molecule has 8 heteroatoms. The number of benzene rings is 1. The summed E-state index contributed by atoms with van der Waals surface area (Å²) < 4.78 is 11.5. The molecule has 3 heterocycles. The lowest BCUT2D eigenvalue weighted by atomic mass is 10.1. The van der Waals surface area contributed by atoms with E-state index in [1.165, 1.54) is 11.1 Å². The van der Waals surface area contributed by atoms with Crippen LogP contribution in [0, 0.1) is 0 Å². The Morgan fingerprint density at radius 2 is 2.24 bits per heavy atom. The molecule has 0 bridgehead atoms. The molecule has 3 aromatic rings. The smallest absolute Gasteiger partial charge is 0.272 e. The molecule has 2 aromatic heterocycles. The van der Waals surface area contributed by atoms with Crippen LogP contribution in [0.15, 0.2) is 41.9 Å². The van der Waals surface area contributed by atoms with Crippen molar-refractivity contribution in [3.05, 3.63) is 64.4 Å². The van der Waals surface area contributed by atoms with E-state index in [9.17, 15) is 4.79 Å². The second kappa shape index (κ2) is 7.12. The Labute approximate surface area is 148 Å². The summed E-state index contributed by atoms with van der Waals surface area (Å²) in [5.41, 5.74) is 3.61. The number of aromatic nitrogens is 4. The molecular weight excluding hydrogens is 338 g/mol. The Bertz CT molecular complexity index is 847. The highest BCUT2D eigenvalue weighted by Gasteiger charge is 2.25. The first-order valence-corrected chi connectivity index (χ1v) is 8.90. The largest absolute Gasteiger partial charge is 0.370 e. The molecule has 1 N–H and O–H groups in total. The minimum atomic E-state index is -0.242. The number of hydrogen-bond acceptors (Lipinski definition) is 6. The van der Waals surface area contributed by atoms with Crippen LogP contribution in [-0.2, 0) is 17.7 Å².